The van der Waals surface area contributed by atoms with Gasteiger partial charge in [-0.1, -0.05) is 0 Å². The zero-order valence-corrected chi connectivity index (χ0v) is 9.72. The van der Waals surface area contributed by atoms with Crippen LogP contribution in [0.2, 0.25) is 0 Å². The van der Waals surface area contributed by atoms with Crippen LogP contribution in [-0.2, 0) is 0 Å². The van der Waals surface area contributed by atoms with Gasteiger partial charge in [-0.25, -0.2) is 4.98 Å². The molecule has 0 aliphatic carbocycles. The number of nitrogens with zero attached hydrogens (tertiary/aromatic N) is 2. The minimum absolute atomic E-state index is 0.159. The molecular weight excluding hydrogens is 238 g/mol. The van der Waals surface area contributed by atoms with Gasteiger partial charge in [0.05, 0.1) is 12.3 Å². The Kier molecular flexibility index (Phi) is 3.79. The van der Waals surface area contributed by atoms with Crippen LogP contribution in [0.4, 0.5) is 0 Å². The van der Waals surface area contributed by atoms with Crippen molar-refractivity contribution in [1.29, 1.82) is 0 Å². The zero-order chi connectivity index (χ0) is 12.1. The van der Waals surface area contributed by atoms with Crippen molar-refractivity contribution in [3.05, 3.63) is 46.7 Å². The summed E-state index contributed by atoms with van der Waals surface area (Å²) >= 11 is 1.50. The number of rotatable bonds is 4. The summed E-state index contributed by atoms with van der Waals surface area (Å²) in [5, 5.41) is 16.1. The Morgan fingerprint density at radius 3 is 3.06 bits per heavy atom. The van der Waals surface area contributed by atoms with Crippen LogP contribution in [0.5, 0.6) is 0 Å². The molecule has 1 amide bonds. The van der Waals surface area contributed by atoms with Gasteiger partial charge >= 0.3 is 0 Å². The first-order valence-corrected chi connectivity index (χ1v) is 5.96. The summed E-state index contributed by atoms with van der Waals surface area (Å²) in [5.74, 6) is -0.340. The van der Waals surface area contributed by atoms with E-state index in [0.29, 0.717) is 0 Å². The Morgan fingerprint density at radius 2 is 2.41 bits per heavy atom. The summed E-state index contributed by atoms with van der Waals surface area (Å²) in [7, 11) is 0. The maximum Gasteiger partial charge on any atom is 0.271 e. The highest BCUT2D eigenvalue weighted by Gasteiger charge is 2.11. The molecule has 2 rings (SSSR count). The summed E-state index contributed by atoms with van der Waals surface area (Å²) in [6.07, 6.45) is 3.63. The molecule has 88 valence electrons. The summed E-state index contributed by atoms with van der Waals surface area (Å²) in [6, 6.07) is 1.82. The van der Waals surface area contributed by atoms with Crippen LogP contribution in [0.25, 0.3) is 0 Å². The number of amides is 1. The van der Waals surface area contributed by atoms with Gasteiger partial charge in [0.1, 0.15) is 5.69 Å². The van der Waals surface area contributed by atoms with E-state index in [1.165, 1.54) is 29.9 Å². The van der Waals surface area contributed by atoms with Crippen LogP contribution >= 0.6 is 11.3 Å². The second kappa shape index (κ2) is 5.51. The van der Waals surface area contributed by atoms with Gasteiger partial charge in [-0.15, -0.1) is 0 Å². The van der Waals surface area contributed by atoms with Crippen molar-refractivity contribution in [3.63, 3.8) is 0 Å². The number of carbonyl (C=O) groups excluding carboxylic acids is 1. The molecule has 0 fully saturated rings. The molecule has 0 radical (unpaired) electrons. The molecule has 0 bridgehead atoms. The van der Waals surface area contributed by atoms with Gasteiger partial charge < -0.3 is 10.4 Å². The van der Waals surface area contributed by atoms with Crippen molar-refractivity contribution in [2.45, 2.75) is 6.10 Å². The molecule has 1 unspecified atom stereocenters. The Hall–Kier alpha value is -1.79. The summed E-state index contributed by atoms with van der Waals surface area (Å²) in [6.45, 7) is 0.159. The SMILES string of the molecule is O=C(NCC(O)c1ccsc1)c1cnccn1. The minimum atomic E-state index is -0.693. The first-order valence-electron chi connectivity index (χ1n) is 5.02. The third-order valence-corrected chi connectivity index (χ3v) is 2.88. The number of aliphatic hydroxyl groups is 1. The van der Waals surface area contributed by atoms with Crippen LogP contribution in [0.1, 0.15) is 22.2 Å². The second-order valence-corrected chi connectivity index (χ2v) is 4.15. The van der Waals surface area contributed by atoms with Crippen molar-refractivity contribution in [2.75, 3.05) is 6.54 Å². The fourth-order valence-electron chi connectivity index (χ4n) is 1.28. The maximum absolute atomic E-state index is 11.6. The number of carbonyl (C=O) groups is 1. The summed E-state index contributed by atoms with van der Waals surface area (Å²) in [5.41, 5.74) is 1.04. The Morgan fingerprint density at radius 1 is 1.53 bits per heavy atom. The molecule has 1 atom stereocenters. The molecule has 5 nitrogen and oxygen atoms in total. The third-order valence-electron chi connectivity index (χ3n) is 2.18. The predicted molar refractivity (Wildman–Crippen MR) is 63.6 cm³/mol. The van der Waals surface area contributed by atoms with Gasteiger partial charge in [-0.2, -0.15) is 11.3 Å². The molecule has 0 saturated carbocycles. The molecule has 2 aromatic rings. The van der Waals surface area contributed by atoms with E-state index in [-0.39, 0.29) is 18.1 Å². The first kappa shape index (κ1) is 11.7. The largest absolute Gasteiger partial charge is 0.387 e. The van der Waals surface area contributed by atoms with Gasteiger partial charge in [0, 0.05) is 18.9 Å². The monoisotopic (exact) mass is 249 g/mol. The smallest absolute Gasteiger partial charge is 0.271 e. The Labute approximate surface area is 102 Å². The number of thiophene rings is 1. The van der Waals surface area contributed by atoms with Crippen LogP contribution < -0.4 is 5.32 Å². The van der Waals surface area contributed by atoms with Crippen molar-refractivity contribution >= 4 is 17.2 Å². The Bertz CT molecular complexity index is 473. The van der Waals surface area contributed by atoms with Gasteiger partial charge in [0.25, 0.3) is 5.91 Å². The average molecular weight is 249 g/mol. The van der Waals surface area contributed by atoms with Gasteiger partial charge in [-0.3, -0.25) is 9.78 Å². The lowest BCUT2D eigenvalue weighted by molar-refractivity contribution is 0.0911. The molecule has 17 heavy (non-hydrogen) atoms. The topological polar surface area (TPSA) is 75.1 Å². The molecule has 2 heterocycles. The van der Waals surface area contributed by atoms with Crippen molar-refractivity contribution in [2.24, 2.45) is 0 Å². The van der Waals surface area contributed by atoms with Crippen molar-refractivity contribution < 1.29 is 9.90 Å². The van der Waals surface area contributed by atoms with Crippen LogP contribution in [0.15, 0.2) is 35.4 Å². The van der Waals surface area contributed by atoms with E-state index >= 15 is 0 Å². The second-order valence-electron chi connectivity index (χ2n) is 3.37. The van der Waals surface area contributed by atoms with E-state index in [1.807, 2.05) is 16.8 Å². The molecule has 0 aliphatic heterocycles. The van der Waals surface area contributed by atoms with Crippen LogP contribution in [0.3, 0.4) is 0 Å². The lowest BCUT2D eigenvalue weighted by Crippen LogP contribution is -2.28. The normalized spacial score (nSPS) is 12.1. The molecule has 0 saturated heterocycles. The fourth-order valence-corrected chi connectivity index (χ4v) is 1.99. The highest BCUT2D eigenvalue weighted by Crippen LogP contribution is 2.15. The van der Waals surface area contributed by atoms with E-state index in [1.54, 1.807) is 0 Å². The van der Waals surface area contributed by atoms with Gasteiger partial charge in [0.2, 0.25) is 0 Å². The molecule has 2 N–H and O–H groups in total. The summed E-state index contributed by atoms with van der Waals surface area (Å²) < 4.78 is 0. The highest BCUT2D eigenvalue weighted by molar-refractivity contribution is 7.07. The predicted octanol–water partition coefficient (Wildman–Crippen LogP) is 1.00. The number of aromatic nitrogens is 2. The van der Waals surface area contributed by atoms with Crippen molar-refractivity contribution in [1.82, 2.24) is 15.3 Å². The standard InChI is InChI=1S/C11H11N3O2S/c15-10(8-1-4-17-7-8)6-14-11(16)9-5-12-2-3-13-9/h1-5,7,10,15H,6H2,(H,14,16). The van der Waals surface area contributed by atoms with E-state index in [2.05, 4.69) is 15.3 Å². The highest BCUT2D eigenvalue weighted by atomic mass is 32.1. The maximum atomic E-state index is 11.6. The van der Waals surface area contributed by atoms with E-state index in [9.17, 15) is 9.90 Å². The van der Waals surface area contributed by atoms with Gasteiger partial charge in [0.15, 0.2) is 0 Å². The summed E-state index contributed by atoms with van der Waals surface area (Å²) in [4.78, 5) is 19.3. The Balaban J connectivity index is 1.89. The molecular formula is C11H11N3O2S. The average Bonchev–Trinajstić information content (AvgIpc) is 2.90. The van der Waals surface area contributed by atoms with Crippen LogP contribution in [-0.4, -0.2) is 27.5 Å². The van der Waals surface area contributed by atoms with Crippen molar-refractivity contribution in [3.8, 4) is 0 Å². The molecule has 0 aliphatic rings. The lowest BCUT2D eigenvalue weighted by atomic mass is 10.2. The lowest BCUT2D eigenvalue weighted by Gasteiger charge is -2.09. The molecule has 2 aromatic heterocycles. The number of aliphatic hydroxyl groups excluding tert-OH is 1. The number of hydrogen-bond acceptors (Lipinski definition) is 5. The van der Waals surface area contributed by atoms with E-state index in [0.717, 1.165) is 5.56 Å². The minimum Gasteiger partial charge on any atom is -0.387 e. The molecule has 0 spiro atoms. The van der Waals surface area contributed by atoms with Crippen LogP contribution in [0, 0.1) is 0 Å². The molecule has 6 heteroatoms. The number of hydrogen-bond donors (Lipinski definition) is 2. The first-order chi connectivity index (χ1) is 8.27. The fraction of sp³-hybridized carbons (Fsp3) is 0.182. The third kappa shape index (κ3) is 3.08. The number of nitrogens with one attached hydrogen (secondary N) is 1. The zero-order valence-electron chi connectivity index (χ0n) is 8.91. The quantitative estimate of drug-likeness (QED) is 0.847. The van der Waals surface area contributed by atoms with E-state index < -0.39 is 6.10 Å². The molecule has 0 aromatic carbocycles. The van der Waals surface area contributed by atoms with E-state index in [4.69, 9.17) is 0 Å². The van der Waals surface area contributed by atoms with Gasteiger partial charge in [-0.05, 0) is 22.4 Å².